The molecule has 0 nitrogen and oxygen atoms in total. The van der Waals surface area contributed by atoms with Gasteiger partial charge in [-0.15, -0.1) is 0 Å². The van der Waals surface area contributed by atoms with Gasteiger partial charge in [-0.3, -0.25) is 0 Å². The molecule has 0 heterocycles. The molecule has 0 aromatic heterocycles. The van der Waals surface area contributed by atoms with Gasteiger partial charge in [0, 0.05) is 0 Å². The monoisotopic (exact) mass is 300 g/mol. The highest BCUT2D eigenvalue weighted by Gasteiger charge is 2.01. The molecule has 0 saturated heterocycles. The Bertz CT molecular complexity index is 777. The summed E-state index contributed by atoms with van der Waals surface area (Å²) >= 11 is 0. The predicted octanol–water partition coefficient (Wildman–Crippen LogP) is 5.79. The topological polar surface area (TPSA) is 0 Å². The zero-order valence-electron chi connectivity index (χ0n) is 14.3. The van der Waals surface area contributed by atoms with E-state index in [0.717, 1.165) is 12.8 Å². The Morgan fingerprint density at radius 1 is 0.478 bits per heavy atom. The van der Waals surface area contributed by atoms with E-state index >= 15 is 0 Å². The van der Waals surface area contributed by atoms with Crippen molar-refractivity contribution in [2.24, 2.45) is 0 Å². The van der Waals surface area contributed by atoms with E-state index in [4.69, 9.17) is 0 Å². The summed E-state index contributed by atoms with van der Waals surface area (Å²) in [5, 5.41) is 0. The molecule has 0 heteroatoms. The van der Waals surface area contributed by atoms with Crippen LogP contribution >= 0.6 is 0 Å². The number of benzene rings is 3. The summed E-state index contributed by atoms with van der Waals surface area (Å²) in [5.41, 5.74) is 9.56. The maximum Gasteiger partial charge on any atom is -0.00257 e. The Hall–Kier alpha value is -2.34. The van der Waals surface area contributed by atoms with E-state index in [1.165, 1.54) is 38.9 Å². The second-order valence-electron chi connectivity index (χ2n) is 6.57. The van der Waals surface area contributed by atoms with Crippen molar-refractivity contribution in [2.75, 3.05) is 0 Å². The first-order valence-corrected chi connectivity index (χ1v) is 8.29. The minimum Gasteiger partial charge on any atom is -0.0590 e. The van der Waals surface area contributed by atoms with Crippen LogP contribution in [0.3, 0.4) is 0 Å². The molecular weight excluding hydrogens is 276 g/mol. The Morgan fingerprint density at radius 3 is 1.43 bits per heavy atom. The molecule has 0 unspecified atom stereocenters. The Balaban J connectivity index is 1.69. The molecule has 0 spiro atoms. The molecule has 0 saturated carbocycles. The molecule has 3 aromatic carbocycles. The third-order valence-electron chi connectivity index (χ3n) is 4.53. The smallest absolute Gasteiger partial charge is 0.00257 e. The van der Waals surface area contributed by atoms with Gasteiger partial charge in [0.25, 0.3) is 0 Å². The van der Waals surface area contributed by atoms with Gasteiger partial charge >= 0.3 is 0 Å². The summed E-state index contributed by atoms with van der Waals surface area (Å²) < 4.78 is 0. The van der Waals surface area contributed by atoms with E-state index in [-0.39, 0.29) is 0 Å². The molecule has 0 aliphatic heterocycles. The van der Waals surface area contributed by atoms with E-state index in [9.17, 15) is 0 Å². The van der Waals surface area contributed by atoms with Crippen molar-refractivity contribution < 1.29 is 0 Å². The van der Waals surface area contributed by atoms with Crippen molar-refractivity contribution in [2.45, 2.75) is 33.6 Å². The van der Waals surface area contributed by atoms with Crippen molar-refractivity contribution in [3.63, 3.8) is 0 Å². The highest BCUT2D eigenvalue weighted by Crippen LogP contribution is 2.16. The van der Waals surface area contributed by atoms with E-state index in [2.05, 4.69) is 87.5 Å². The molecule has 3 aromatic rings. The first-order valence-electron chi connectivity index (χ1n) is 8.29. The fourth-order valence-corrected chi connectivity index (χ4v) is 2.87. The van der Waals surface area contributed by atoms with E-state index in [1.54, 1.807) is 0 Å². The van der Waals surface area contributed by atoms with Crippen LogP contribution in [-0.4, -0.2) is 0 Å². The first kappa shape index (κ1) is 15.6. The van der Waals surface area contributed by atoms with Crippen molar-refractivity contribution >= 4 is 0 Å². The van der Waals surface area contributed by atoms with Gasteiger partial charge in [0.1, 0.15) is 0 Å². The maximum atomic E-state index is 2.30. The molecule has 0 radical (unpaired) electrons. The lowest BCUT2D eigenvalue weighted by Crippen LogP contribution is -1.92. The fraction of sp³-hybridized carbons (Fsp3) is 0.217. The molecule has 3 rings (SSSR count). The SMILES string of the molecule is Cc1ccc(Cc2ccc(Cc3ccc(C)c(C)c3)cc2)cc1. The van der Waals surface area contributed by atoms with Gasteiger partial charge in [0.2, 0.25) is 0 Å². The Morgan fingerprint density at radius 2 is 0.913 bits per heavy atom. The van der Waals surface area contributed by atoms with Gasteiger partial charge in [-0.2, -0.15) is 0 Å². The van der Waals surface area contributed by atoms with Crippen molar-refractivity contribution in [1.29, 1.82) is 0 Å². The largest absolute Gasteiger partial charge is 0.0590 e. The quantitative estimate of drug-likeness (QED) is 0.572. The second-order valence-corrected chi connectivity index (χ2v) is 6.57. The molecular formula is C23H24. The molecule has 116 valence electrons. The van der Waals surface area contributed by atoms with Gasteiger partial charge in [0.05, 0.1) is 0 Å². The standard InChI is InChI=1S/C23H24/c1-17-4-7-20(8-5-17)15-21-10-12-22(13-11-21)16-23-9-6-18(2)19(3)14-23/h4-14H,15-16H2,1-3H3. The van der Waals surface area contributed by atoms with E-state index in [0.29, 0.717) is 0 Å². The summed E-state index contributed by atoms with van der Waals surface area (Å²) in [5.74, 6) is 0. The lowest BCUT2D eigenvalue weighted by molar-refractivity contribution is 1.14. The zero-order valence-corrected chi connectivity index (χ0v) is 14.3. The molecule has 0 aliphatic carbocycles. The Labute approximate surface area is 139 Å². The average Bonchev–Trinajstić information content (AvgIpc) is 2.55. The summed E-state index contributed by atoms with van der Waals surface area (Å²) in [7, 11) is 0. The van der Waals surface area contributed by atoms with Crippen LogP contribution in [0, 0.1) is 20.8 Å². The fourth-order valence-electron chi connectivity index (χ4n) is 2.87. The van der Waals surface area contributed by atoms with Crippen LogP contribution in [0.4, 0.5) is 0 Å². The van der Waals surface area contributed by atoms with Crippen LogP contribution in [-0.2, 0) is 12.8 Å². The van der Waals surface area contributed by atoms with E-state index in [1.807, 2.05) is 0 Å². The average molecular weight is 300 g/mol. The lowest BCUT2D eigenvalue weighted by atomic mass is 9.98. The molecule has 23 heavy (non-hydrogen) atoms. The Kier molecular flexibility index (Phi) is 4.62. The van der Waals surface area contributed by atoms with Crippen molar-refractivity contribution in [3.05, 3.63) is 106 Å². The minimum absolute atomic E-state index is 1.00. The van der Waals surface area contributed by atoms with Gasteiger partial charge < -0.3 is 0 Å². The molecule has 0 amide bonds. The molecule has 0 aliphatic rings. The van der Waals surface area contributed by atoms with Gasteiger partial charge in [-0.05, 0) is 67.0 Å². The summed E-state index contributed by atoms with van der Waals surface area (Å²) in [4.78, 5) is 0. The van der Waals surface area contributed by atoms with Crippen LogP contribution in [0.5, 0.6) is 0 Å². The summed E-state index contributed by atoms with van der Waals surface area (Å²) in [6.45, 7) is 6.48. The summed E-state index contributed by atoms with van der Waals surface area (Å²) in [6, 6.07) is 24.6. The van der Waals surface area contributed by atoms with Crippen LogP contribution in [0.2, 0.25) is 0 Å². The first-order chi connectivity index (χ1) is 11.1. The van der Waals surface area contributed by atoms with Gasteiger partial charge in [-0.25, -0.2) is 0 Å². The van der Waals surface area contributed by atoms with Gasteiger partial charge in [-0.1, -0.05) is 72.3 Å². The summed E-state index contributed by atoms with van der Waals surface area (Å²) in [6.07, 6.45) is 2.01. The zero-order chi connectivity index (χ0) is 16.2. The predicted molar refractivity (Wildman–Crippen MR) is 99.1 cm³/mol. The van der Waals surface area contributed by atoms with Crippen LogP contribution in [0.1, 0.15) is 38.9 Å². The highest BCUT2D eigenvalue weighted by molar-refractivity contribution is 5.35. The number of hydrogen-bond donors (Lipinski definition) is 0. The highest BCUT2D eigenvalue weighted by atomic mass is 14.1. The number of hydrogen-bond acceptors (Lipinski definition) is 0. The minimum atomic E-state index is 1.00. The third-order valence-corrected chi connectivity index (χ3v) is 4.53. The van der Waals surface area contributed by atoms with E-state index < -0.39 is 0 Å². The molecule has 0 bridgehead atoms. The van der Waals surface area contributed by atoms with Crippen LogP contribution in [0.25, 0.3) is 0 Å². The molecule has 0 fully saturated rings. The molecule has 0 N–H and O–H groups in total. The van der Waals surface area contributed by atoms with Crippen molar-refractivity contribution in [3.8, 4) is 0 Å². The second kappa shape index (κ2) is 6.83. The van der Waals surface area contributed by atoms with Crippen LogP contribution < -0.4 is 0 Å². The van der Waals surface area contributed by atoms with Gasteiger partial charge in [0.15, 0.2) is 0 Å². The molecule has 0 atom stereocenters. The number of aryl methyl sites for hydroxylation is 3. The van der Waals surface area contributed by atoms with Crippen molar-refractivity contribution in [1.82, 2.24) is 0 Å². The maximum absolute atomic E-state index is 2.30. The number of rotatable bonds is 4. The lowest BCUT2D eigenvalue weighted by Gasteiger charge is -2.07. The third kappa shape index (κ3) is 4.10. The normalized spacial score (nSPS) is 10.7. The van der Waals surface area contributed by atoms with Crippen LogP contribution in [0.15, 0.2) is 66.7 Å².